The van der Waals surface area contributed by atoms with E-state index in [1.165, 1.54) is 26.2 Å². The van der Waals surface area contributed by atoms with Crippen molar-refractivity contribution in [2.24, 2.45) is 0 Å². The van der Waals surface area contributed by atoms with Crippen LogP contribution in [-0.4, -0.2) is 49.0 Å². The van der Waals surface area contributed by atoms with E-state index < -0.39 is 35.3 Å². The van der Waals surface area contributed by atoms with Crippen LogP contribution in [0.1, 0.15) is 24.2 Å². The van der Waals surface area contributed by atoms with Crippen molar-refractivity contribution in [2.75, 3.05) is 20.3 Å². The summed E-state index contributed by atoms with van der Waals surface area (Å²) in [5.41, 5.74) is 3.92. The van der Waals surface area contributed by atoms with E-state index in [1.54, 1.807) is 24.3 Å². The lowest BCUT2D eigenvalue weighted by Crippen LogP contribution is -2.50. The number of benzene rings is 2. The lowest BCUT2D eigenvalue weighted by molar-refractivity contribution is -0.385. The molecule has 3 amide bonds. The van der Waals surface area contributed by atoms with E-state index in [0.29, 0.717) is 18.1 Å². The fraction of sp³-hybridized carbons (Fsp3) is 0.286. The number of hydrogen-bond donors (Lipinski definition) is 3. The number of hydrogen-bond acceptors (Lipinski definition) is 8. The number of nitrogens with one attached hydrogen (secondary N) is 3. The average Bonchev–Trinajstić information content (AvgIpc) is 2.81. The maximum Gasteiger partial charge on any atom is 0.311 e. The van der Waals surface area contributed by atoms with Crippen molar-refractivity contribution in [2.45, 2.75) is 20.0 Å². The number of rotatable bonds is 10. The van der Waals surface area contributed by atoms with Crippen LogP contribution < -0.4 is 30.4 Å². The van der Waals surface area contributed by atoms with E-state index in [2.05, 4.69) is 16.2 Å². The van der Waals surface area contributed by atoms with Gasteiger partial charge >= 0.3 is 5.69 Å². The van der Waals surface area contributed by atoms with Crippen LogP contribution in [0.2, 0.25) is 0 Å². The Hall–Kier alpha value is -4.35. The van der Waals surface area contributed by atoms with Crippen LogP contribution in [0.5, 0.6) is 17.2 Å². The van der Waals surface area contributed by atoms with Crippen LogP contribution in [0.25, 0.3) is 0 Å². The van der Waals surface area contributed by atoms with Crippen molar-refractivity contribution < 1.29 is 33.5 Å². The molecule has 1 atom stereocenters. The van der Waals surface area contributed by atoms with Gasteiger partial charge in [0.25, 0.3) is 17.7 Å². The Bertz CT molecular complexity index is 1010. The number of amides is 3. The van der Waals surface area contributed by atoms with Gasteiger partial charge in [0.2, 0.25) is 0 Å². The molecule has 0 aliphatic rings. The van der Waals surface area contributed by atoms with Gasteiger partial charge < -0.3 is 19.5 Å². The highest BCUT2D eigenvalue weighted by Gasteiger charge is 2.19. The summed E-state index contributed by atoms with van der Waals surface area (Å²) in [6.07, 6.45) is -0.919. The second-order valence-electron chi connectivity index (χ2n) is 6.53. The molecule has 0 aliphatic carbocycles. The number of carbonyl (C=O) groups is 3. The molecular formula is C21H24N4O8. The lowest BCUT2D eigenvalue weighted by atomic mass is 10.1. The number of nitro benzene ring substituents is 1. The van der Waals surface area contributed by atoms with Gasteiger partial charge in [-0.05, 0) is 50.2 Å². The molecule has 0 radical (unpaired) electrons. The first kappa shape index (κ1) is 24.9. The first-order valence-corrected chi connectivity index (χ1v) is 9.84. The topological polar surface area (TPSA) is 158 Å². The van der Waals surface area contributed by atoms with Crippen LogP contribution in [0, 0.1) is 10.1 Å². The largest absolute Gasteiger partial charge is 0.494 e. The molecule has 12 heteroatoms. The third-order valence-corrected chi connectivity index (χ3v) is 4.19. The summed E-state index contributed by atoms with van der Waals surface area (Å²) in [5, 5.41) is 13.4. The summed E-state index contributed by atoms with van der Waals surface area (Å²) < 4.78 is 15.7. The highest BCUT2D eigenvalue weighted by Crippen LogP contribution is 2.27. The van der Waals surface area contributed by atoms with Crippen molar-refractivity contribution in [1.82, 2.24) is 16.2 Å². The van der Waals surface area contributed by atoms with Crippen LogP contribution in [-0.2, 0) is 9.59 Å². The summed E-state index contributed by atoms with van der Waals surface area (Å²) in [4.78, 5) is 46.6. The molecular weight excluding hydrogens is 436 g/mol. The molecule has 176 valence electrons. The Morgan fingerprint density at radius 3 is 2.33 bits per heavy atom. The molecule has 33 heavy (non-hydrogen) atoms. The third kappa shape index (κ3) is 7.38. The number of nitro groups is 1. The number of hydrazine groups is 1. The van der Waals surface area contributed by atoms with Gasteiger partial charge in [0.05, 0.1) is 25.2 Å². The first-order valence-electron chi connectivity index (χ1n) is 9.84. The second-order valence-corrected chi connectivity index (χ2v) is 6.53. The predicted molar refractivity (Wildman–Crippen MR) is 116 cm³/mol. The van der Waals surface area contributed by atoms with E-state index in [1.807, 2.05) is 6.92 Å². The van der Waals surface area contributed by atoms with Crippen LogP contribution in [0.15, 0.2) is 42.5 Å². The lowest BCUT2D eigenvalue weighted by Gasteiger charge is -2.15. The quantitative estimate of drug-likeness (QED) is 0.354. The van der Waals surface area contributed by atoms with E-state index in [-0.39, 0.29) is 17.0 Å². The summed E-state index contributed by atoms with van der Waals surface area (Å²) in [5.74, 6) is -0.941. The predicted octanol–water partition coefficient (Wildman–Crippen LogP) is 1.35. The first-order chi connectivity index (χ1) is 15.7. The van der Waals surface area contributed by atoms with Gasteiger partial charge in [-0.3, -0.25) is 35.3 Å². The number of methoxy groups -OCH3 is 1. The van der Waals surface area contributed by atoms with Crippen molar-refractivity contribution in [3.05, 3.63) is 58.1 Å². The maximum atomic E-state index is 12.2. The molecule has 2 aromatic rings. The zero-order valence-electron chi connectivity index (χ0n) is 18.2. The summed E-state index contributed by atoms with van der Waals surface area (Å²) in [6, 6.07) is 10.3. The second kappa shape index (κ2) is 11.9. The minimum Gasteiger partial charge on any atom is -0.494 e. The van der Waals surface area contributed by atoms with Gasteiger partial charge in [0.15, 0.2) is 11.9 Å². The molecule has 1 unspecified atom stereocenters. The van der Waals surface area contributed by atoms with Crippen molar-refractivity contribution in [3.63, 3.8) is 0 Å². The molecule has 0 bridgehead atoms. The van der Waals surface area contributed by atoms with Crippen molar-refractivity contribution in [3.8, 4) is 17.2 Å². The standard InChI is InChI=1S/C21H24N4O8/c1-4-32-15-6-8-16(9-7-15)33-13(2)20(27)24-23-19(26)12-22-21(28)14-5-10-18(31-3)17(11-14)25(29)30/h5-11,13H,4,12H2,1-3H3,(H,22,28)(H,23,26)(H,24,27). The van der Waals surface area contributed by atoms with Gasteiger partial charge in [-0.15, -0.1) is 0 Å². The van der Waals surface area contributed by atoms with Gasteiger partial charge in [0.1, 0.15) is 11.5 Å². The molecule has 0 heterocycles. The van der Waals surface area contributed by atoms with E-state index in [4.69, 9.17) is 14.2 Å². The molecule has 0 saturated carbocycles. The fourth-order valence-corrected chi connectivity index (χ4v) is 2.55. The summed E-state index contributed by atoms with van der Waals surface area (Å²) in [6.45, 7) is 3.41. The Labute approximate surface area is 189 Å². The molecule has 12 nitrogen and oxygen atoms in total. The SMILES string of the molecule is CCOc1ccc(OC(C)C(=O)NNC(=O)CNC(=O)c2ccc(OC)c([N+](=O)[O-])c2)cc1. The van der Waals surface area contributed by atoms with Gasteiger partial charge in [0, 0.05) is 11.6 Å². The van der Waals surface area contributed by atoms with Crippen LogP contribution >= 0.6 is 0 Å². The van der Waals surface area contributed by atoms with E-state index >= 15 is 0 Å². The zero-order chi connectivity index (χ0) is 24.4. The molecule has 2 rings (SSSR count). The number of nitrogens with zero attached hydrogens (tertiary/aromatic N) is 1. The Morgan fingerprint density at radius 1 is 1.06 bits per heavy atom. The summed E-state index contributed by atoms with van der Waals surface area (Å²) >= 11 is 0. The van der Waals surface area contributed by atoms with Crippen molar-refractivity contribution >= 4 is 23.4 Å². The minimum absolute atomic E-state index is 0.00131. The number of ether oxygens (including phenoxy) is 3. The molecule has 0 fully saturated rings. The third-order valence-electron chi connectivity index (χ3n) is 4.19. The fourth-order valence-electron chi connectivity index (χ4n) is 2.55. The normalized spacial score (nSPS) is 11.0. The van der Waals surface area contributed by atoms with Gasteiger partial charge in [-0.2, -0.15) is 0 Å². The Balaban J connectivity index is 1.80. The van der Waals surface area contributed by atoms with Gasteiger partial charge in [-0.1, -0.05) is 0 Å². The highest BCUT2D eigenvalue weighted by atomic mass is 16.6. The average molecular weight is 460 g/mol. The van der Waals surface area contributed by atoms with E-state index in [0.717, 1.165) is 6.07 Å². The molecule has 0 aromatic heterocycles. The molecule has 0 spiro atoms. The minimum atomic E-state index is -0.919. The molecule has 2 aromatic carbocycles. The van der Waals surface area contributed by atoms with Crippen molar-refractivity contribution in [1.29, 1.82) is 0 Å². The highest BCUT2D eigenvalue weighted by molar-refractivity contribution is 5.97. The summed E-state index contributed by atoms with van der Waals surface area (Å²) in [7, 11) is 1.27. The van der Waals surface area contributed by atoms with Crippen LogP contribution in [0.4, 0.5) is 5.69 Å². The monoisotopic (exact) mass is 460 g/mol. The molecule has 0 aliphatic heterocycles. The Morgan fingerprint density at radius 2 is 1.73 bits per heavy atom. The Kier molecular flexibility index (Phi) is 8.97. The van der Waals surface area contributed by atoms with Gasteiger partial charge in [-0.25, -0.2) is 0 Å². The van der Waals surface area contributed by atoms with E-state index in [9.17, 15) is 24.5 Å². The maximum absolute atomic E-state index is 12.2. The molecule has 3 N–H and O–H groups in total. The van der Waals surface area contributed by atoms with Crippen LogP contribution in [0.3, 0.4) is 0 Å². The number of carbonyl (C=O) groups excluding carboxylic acids is 3. The molecule has 0 saturated heterocycles. The zero-order valence-corrected chi connectivity index (χ0v) is 18.2. The smallest absolute Gasteiger partial charge is 0.311 e.